The summed E-state index contributed by atoms with van der Waals surface area (Å²) in [7, 11) is 1.67. The number of ether oxygens (including phenoxy) is 1. The first-order chi connectivity index (χ1) is 7.56. The minimum Gasteiger partial charge on any atom is -0.406 e. The third kappa shape index (κ3) is 3.35. The van der Waals surface area contributed by atoms with E-state index in [4.69, 9.17) is 20.8 Å². The van der Waals surface area contributed by atoms with Crippen molar-refractivity contribution in [2.45, 2.75) is 32.2 Å². The first kappa shape index (κ1) is 13.3. The number of methoxy groups -OCH3 is 1. The first-order valence-electron chi connectivity index (χ1n) is 5.29. The van der Waals surface area contributed by atoms with Crippen LogP contribution in [0.1, 0.15) is 32.0 Å². The summed E-state index contributed by atoms with van der Waals surface area (Å²) in [6, 6.07) is 0.767. The average molecular weight is 248 g/mol. The number of nitrogens with zero attached hydrogens (tertiary/aromatic N) is 3. The molecule has 1 rings (SSSR count). The molecule has 0 aliphatic rings. The number of halogens is 1. The van der Waals surface area contributed by atoms with Gasteiger partial charge in [0.25, 0.3) is 0 Å². The van der Waals surface area contributed by atoms with Crippen LogP contribution >= 0.6 is 11.6 Å². The number of hydrogen-bond acceptors (Lipinski definition) is 5. The van der Waals surface area contributed by atoms with E-state index in [0.717, 1.165) is 0 Å². The molecular weight excluding hydrogens is 230 g/mol. The van der Waals surface area contributed by atoms with E-state index in [-0.39, 0.29) is 11.4 Å². The molecule has 0 saturated heterocycles. The van der Waals surface area contributed by atoms with Crippen LogP contribution in [0.15, 0.2) is 4.42 Å². The third-order valence-corrected chi connectivity index (χ3v) is 2.36. The largest absolute Gasteiger partial charge is 0.406 e. The van der Waals surface area contributed by atoms with Crippen LogP contribution in [0.3, 0.4) is 0 Å². The zero-order chi connectivity index (χ0) is 12.1. The summed E-state index contributed by atoms with van der Waals surface area (Å²) >= 11 is 5.87. The second-order valence-electron chi connectivity index (χ2n) is 3.82. The van der Waals surface area contributed by atoms with E-state index in [9.17, 15) is 0 Å². The summed E-state index contributed by atoms with van der Waals surface area (Å²) in [4.78, 5) is 1.99. The lowest BCUT2D eigenvalue weighted by atomic mass is 10.3. The van der Waals surface area contributed by atoms with E-state index in [2.05, 4.69) is 24.0 Å². The van der Waals surface area contributed by atoms with E-state index in [1.54, 1.807) is 14.0 Å². The Kier molecular flexibility index (Phi) is 5.02. The fourth-order valence-corrected chi connectivity index (χ4v) is 1.36. The monoisotopic (exact) mass is 247 g/mol. The molecule has 0 N–H and O–H groups in total. The Bertz CT molecular complexity index is 315. The van der Waals surface area contributed by atoms with Crippen LogP contribution in [-0.2, 0) is 4.74 Å². The zero-order valence-electron chi connectivity index (χ0n) is 10.1. The molecule has 0 aromatic carbocycles. The fourth-order valence-electron chi connectivity index (χ4n) is 1.27. The molecule has 16 heavy (non-hydrogen) atoms. The van der Waals surface area contributed by atoms with Crippen molar-refractivity contribution in [1.29, 1.82) is 0 Å². The molecule has 5 nitrogen and oxygen atoms in total. The number of hydrogen-bond donors (Lipinski definition) is 0. The van der Waals surface area contributed by atoms with Gasteiger partial charge < -0.3 is 14.1 Å². The predicted molar refractivity (Wildman–Crippen MR) is 62.9 cm³/mol. The molecule has 0 spiro atoms. The summed E-state index contributed by atoms with van der Waals surface area (Å²) in [6.07, 6.45) is 0. The minimum atomic E-state index is -0.266. The Morgan fingerprint density at radius 1 is 1.38 bits per heavy atom. The second-order valence-corrected chi connectivity index (χ2v) is 4.47. The lowest BCUT2D eigenvalue weighted by Gasteiger charge is -2.23. The Morgan fingerprint density at radius 3 is 2.50 bits per heavy atom. The van der Waals surface area contributed by atoms with Gasteiger partial charge in [0, 0.05) is 19.7 Å². The molecule has 1 atom stereocenters. The lowest BCUT2D eigenvalue weighted by Crippen LogP contribution is -2.34. The van der Waals surface area contributed by atoms with Crippen molar-refractivity contribution in [3.05, 3.63) is 5.89 Å². The molecule has 0 aliphatic heterocycles. The molecule has 1 unspecified atom stereocenters. The normalized spacial score (nSPS) is 13.1. The highest BCUT2D eigenvalue weighted by molar-refractivity contribution is 6.20. The van der Waals surface area contributed by atoms with Gasteiger partial charge in [-0.1, -0.05) is 5.10 Å². The van der Waals surface area contributed by atoms with E-state index in [0.29, 0.717) is 25.1 Å². The van der Waals surface area contributed by atoms with Crippen LogP contribution in [0.5, 0.6) is 0 Å². The molecule has 0 fully saturated rings. The summed E-state index contributed by atoms with van der Waals surface area (Å²) in [5, 5.41) is 7.61. The Hall–Kier alpha value is -0.810. The maximum atomic E-state index is 5.87. The van der Waals surface area contributed by atoms with Crippen molar-refractivity contribution in [1.82, 2.24) is 10.2 Å². The topological polar surface area (TPSA) is 51.4 Å². The maximum Gasteiger partial charge on any atom is 0.318 e. The van der Waals surface area contributed by atoms with Gasteiger partial charge in [0.2, 0.25) is 5.89 Å². The summed E-state index contributed by atoms with van der Waals surface area (Å²) in [5.41, 5.74) is 0. The van der Waals surface area contributed by atoms with Gasteiger partial charge in [0.05, 0.1) is 6.61 Å². The predicted octanol–water partition coefficient (Wildman–Crippen LogP) is 2.23. The lowest BCUT2D eigenvalue weighted by molar-refractivity contribution is 0.202. The number of rotatable bonds is 6. The SMILES string of the molecule is COCCN(c1nnc(C(C)Cl)o1)C(C)C. The van der Waals surface area contributed by atoms with Gasteiger partial charge >= 0.3 is 6.01 Å². The van der Waals surface area contributed by atoms with Crippen molar-refractivity contribution < 1.29 is 9.15 Å². The first-order valence-corrected chi connectivity index (χ1v) is 5.73. The Morgan fingerprint density at radius 2 is 2.06 bits per heavy atom. The van der Waals surface area contributed by atoms with Crippen LogP contribution in [0.4, 0.5) is 6.01 Å². The number of alkyl halides is 1. The van der Waals surface area contributed by atoms with Crippen LogP contribution in [0.25, 0.3) is 0 Å². The van der Waals surface area contributed by atoms with E-state index in [1.807, 2.05) is 4.90 Å². The highest BCUT2D eigenvalue weighted by Crippen LogP contribution is 2.22. The van der Waals surface area contributed by atoms with E-state index >= 15 is 0 Å². The molecule has 1 heterocycles. The fraction of sp³-hybridized carbons (Fsp3) is 0.800. The average Bonchev–Trinajstić information content (AvgIpc) is 2.67. The molecule has 0 saturated carbocycles. The maximum absolute atomic E-state index is 5.87. The molecule has 1 aromatic rings. The van der Waals surface area contributed by atoms with Gasteiger partial charge in [-0.25, -0.2) is 0 Å². The third-order valence-electron chi connectivity index (χ3n) is 2.18. The zero-order valence-corrected chi connectivity index (χ0v) is 10.9. The summed E-state index contributed by atoms with van der Waals surface area (Å²) in [6.45, 7) is 7.25. The van der Waals surface area contributed by atoms with Crippen LogP contribution < -0.4 is 4.90 Å². The molecule has 0 bridgehead atoms. The highest BCUT2D eigenvalue weighted by atomic mass is 35.5. The smallest absolute Gasteiger partial charge is 0.318 e. The van der Waals surface area contributed by atoms with Gasteiger partial charge in [-0.2, -0.15) is 0 Å². The van der Waals surface area contributed by atoms with Gasteiger partial charge in [-0.05, 0) is 20.8 Å². The Balaban J connectivity index is 2.76. The molecule has 0 aliphatic carbocycles. The van der Waals surface area contributed by atoms with Gasteiger partial charge in [0.1, 0.15) is 5.38 Å². The Labute approximate surface area is 101 Å². The van der Waals surface area contributed by atoms with Crippen molar-refractivity contribution in [2.75, 3.05) is 25.2 Å². The molecular formula is C10H18ClN3O2. The second kappa shape index (κ2) is 6.06. The molecule has 0 radical (unpaired) electrons. The molecule has 92 valence electrons. The van der Waals surface area contributed by atoms with Gasteiger partial charge in [-0.3, -0.25) is 0 Å². The van der Waals surface area contributed by atoms with Crippen molar-refractivity contribution in [3.8, 4) is 0 Å². The van der Waals surface area contributed by atoms with Crippen LogP contribution in [0.2, 0.25) is 0 Å². The minimum absolute atomic E-state index is 0.266. The van der Waals surface area contributed by atoms with Crippen molar-refractivity contribution in [3.63, 3.8) is 0 Å². The molecule has 0 amide bonds. The molecule has 6 heteroatoms. The summed E-state index contributed by atoms with van der Waals surface area (Å²) < 4.78 is 10.5. The van der Waals surface area contributed by atoms with E-state index in [1.165, 1.54) is 0 Å². The van der Waals surface area contributed by atoms with Crippen LogP contribution in [-0.4, -0.2) is 36.5 Å². The van der Waals surface area contributed by atoms with Crippen molar-refractivity contribution >= 4 is 17.6 Å². The van der Waals surface area contributed by atoms with Crippen molar-refractivity contribution in [2.24, 2.45) is 0 Å². The standard InChI is InChI=1S/C10H18ClN3O2/c1-7(2)14(5-6-15-4)10-13-12-9(16-10)8(3)11/h7-8H,5-6H2,1-4H3. The quantitative estimate of drug-likeness (QED) is 0.722. The number of anilines is 1. The van der Waals surface area contributed by atoms with Gasteiger partial charge in [0.15, 0.2) is 0 Å². The van der Waals surface area contributed by atoms with Gasteiger partial charge in [-0.15, -0.1) is 16.7 Å². The van der Waals surface area contributed by atoms with E-state index < -0.39 is 0 Å². The molecule has 1 aromatic heterocycles. The number of aromatic nitrogens is 2. The summed E-state index contributed by atoms with van der Waals surface area (Å²) in [5.74, 6) is 0.444. The highest BCUT2D eigenvalue weighted by Gasteiger charge is 2.18. The van der Waals surface area contributed by atoms with Crippen LogP contribution in [0, 0.1) is 0 Å².